The molecule has 10 heteroatoms. The van der Waals surface area contributed by atoms with Crippen LogP contribution in [0, 0.1) is 5.82 Å². The number of nitrogens with zero attached hydrogens (tertiary/aromatic N) is 3. The normalized spacial score (nSPS) is 11.9. The molecule has 0 saturated heterocycles. The molecule has 0 unspecified atom stereocenters. The van der Waals surface area contributed by atoms with Gasteiger partial charge in [0.05, 0.1) is 4.90 Å². The van der Waals surface area contributed by atoms with Crippen LogP contribution in [-0.2, 0) is 9.84 Å². The molecule has 3 rings (SSSR count). The number of phenolic OH excluding ortho intramolecular Hbond substituents is 1. The van der Waals surface area contributed by atoms with E-state index in [1.807, 2.05) is 20.8 Å². The predicted octanol–water partition coefficient (Wildman–Crippen LogP) is 3.74. The summed E-state index contributed by atoms with van der Waals surface area (Å²) >= 11 is 0. The SMILES string of the molecule is CC(C)(C)Nc1nc(Nc2cc(F)cc(S(C)(=O)=O)c2)nc(-c2cccc(O)c2)n1. The van der Waals surface area contributed by atoms with Gasteiger partial charge in [-0.3, -0.25) is 0 Å². The highest BCUT2D eigenvalue weighted by atomic mass is 32.2. The highest BCUT2D eigenvalue weighted by Gasteiger charge is 2.16. The Labute approximate surface area is 174 Å². The summed E-state index contributed by atoms with van der Waals surface area (Å²) in [5, 5.41) is 15.8. The zero-order chi connectivity index (χ0) is 22.1. The summed E-state index contributed by atoms with van der Waals surface area (Å²) in [7, 11) is -3.60. The summed E-state index contributed by atoms with van der Waals surface area (Å²) in [6.45, 7) is 5.80. The number of nitrogens with one attached hydrogen (secondary N) is 2. The van der Waals surface area contributed by atoms with Crippen LogP contribution in [0.5, 0.6) is 5.75 Å². The van der Waals surface area contributed by atoms with Gasteiger partial charge in [0, 0.05) is 23.0 Å². The molecule has 0 aliphatic carbocycles. The maximum atomic E-state index is 14.0. The predicted molar refractivity (Wildman–Crippen MR) is 113 cm³/mol. The quantitative estimate of drug-likeness (QED) is 0.559. The second-order valence-electron chi connectivity index (χ2n) is 7.80. The van der Waals surface area contributed by atoms with Crippen molar-refractivity contribution >= 4 is 27.4 Å². The molecule has 1 heterocycles. The van der Waals surface area contributed by atoms with Crippen molar-refractivity contribution in [2.24, 2.45) is 0 Å². The van der Waals surface area contributed by atoms with Crippen molar-refractivity contribution in [3.8, 4) is 17.1 Å². The molecule has 0 saturated carbocycles. The number of hydrogen-bond donors (Lipinski definition) is 3. The first-order valence-corrected chi connectivity index (χ1v) is 10.9. The molecule has 158 valence electrons. The number of benzene rings is 2. The molecule has 8 nitrogen and oxygen atoms in total. The van der Waals surface area contributed by atoms with E-state index in [9.17, 15) is 17.9 Å². The molecule has 1 aromatic heterocycles. The molecule has 0 amide bonds. The molecular formula is C20H22FN5O3S. The molecule has 3 N–H and O–H groups in total. The first-order valence-electron chi connectivity index (χ1n) is 9.00. The number of halogens is 1. The Kier molecular flexibility index (Phi) is 5.62. The van der Waals surface area contributed by atoms with Crippen LogP contribution in [-0.4, -0.2) is 40.3 Å². The van der Waals surface area contributed by atoms with E-state index in [0.29, 0.717) is 5.56 Å². The number of phenols is 1. The Morgan fingerprint density at radius 2 is 1.70 bits per heavy atom. The summed E-state index contributed by atoms with van der Waals surface area (Å²) in [4.78, 5) is 12.9. The summed E-state index contributed by atoms with van der Waals surface area (Å²) in [6.07, 6.45) is 1.000. The van der Waals surface area contributed by atoms with Gasteiger partial charge in [-0.25, -0.2) is 12.8 Å². The zero-order valence-corrected chi connectivity index (χ0v) is 17.7. The van der Waals surface area contributed by atoms with Gasteiger partial charge >= 0.3 is 0 Å². The standard InChI is InChI=1S/C20H22FN5O3S/c1-20(2,3)26-19-24-17(12-6-5-7-15(27)8-12)23-18(25-19)22-14-9-13(21)10-16(11-14)30(4,28)29/h5-11,27H,1-4H3,(H2,22,23,24,25,26). The van der Waals surface area contributed by atoms with Crippen molar-refractivity contribution in [3.05, 3.63) is 48.3 Å². The van der Waals surface area contributed by atoms with Crippen LogP contribution in [0.1, 0.15) is 20.8 Å². The van der Waals surface area contributed by atoms with Gasteiger partial charge in [0.1, 0.15) is 11.6 Å². The van der Waals surface area contributed by atoms with Gasteiger partial charge in [-0.1, -0.05) is 12.1 Å². The Balaban J connectivity index is 2.07. The Morgan fingerprint density at radius 3 is 2.33 bits per heavy atom. The van der Waals surface area contributed by atoms with E-state index in [-0.39, 0.29) is 39.6 Å². The van der Waals surface area contributed by atoms with Crippen molar-refractivity contribution in [1.82, 2.24) is 15.0 Å². The molecular weight excluding hydrogens is 409 g/mol. The smallest absolute Gasteiger partial charge is 0.232 e. The number of aromatic nitrogens is 3. The van der Waals surface area contributed by atoms with E-state index < -0.39 is 15.7 Å². The molecule has 0 aliphatic heterocycles. The highest BCUT2D eigenvalue weighted by Crippen LogP contribution is 2.25. The number of sulfone groups is 1. The minimum absolute atomic E-state index is 0.0516. The molecule has 0 bridgehead atoms. The lowest BCUT2D eigenvalue weighted by Crippen LogP contribution is -2.27. The lowest BCUT2D eigenvalue weighted by atomic mass is 10.1. The second-order valence-corrected chi connectivity index (χ2v) is 9.82. The monoisotopic (exact) mass is 431 g/mol. The Hall–Kier alpha value is -3.27. The minimum Gasteiger partial charge on any atom is -0.508 e. The van der Waals surface area contributed by atoms with Crippen molar-refractivity contribution < 1.29 is 17.9 Å². The van der Waals surface area contributed by atoms with E-state index >= 15 is 0 Å². The molecule has 0 radical (unpaired) electrons. The lowest BCUT2D eigenvalue weighted by molar-refractivity contribution is 0.475. The highest BCUT2D eigenvalue weighted by molar-refractivity contribution is 7.90. The van der Waals surface area contributed by atoms with Gasteiger partial charge in [-0.15, -0.1) is 0 Å². The van der Waals surface area contributed by atoms with Gasteiger partial charge in [0.25, 0.3) is 0 Å². The third-order valence-corrected chi connectivity index (χ3v) is 4.87. The van der Waals surface area contributed by atoms with Crippen LogP contribution in [0.4, 0.5) is 22.0 Å². The van der Waals surface area contributed by atoms with Crippen LogP contribution in [0.3, 0.4) is 0 Å². The number of aromatic hydroxyl groups is 1. The second kappa shape index (κ2) is 7.86. The maximum absolute atomic E-state index is 14.0. The number of hydrogen-bond acceptors (Lipinski definition) is 8. The molecule has 0 atom stereocenters. The lowest BCUT2D eigenvalue weighted by Gasteiger charge is -2.21. The van der Waals surface area contributed by atoms with Crippen LogP contribution < -0.4 is 10.6 Å². The van der Waals surface area contributed by atoms with Crippen LogP contribution in [0.25, 0.3) is 11.4 Å². The van der Waals surface area contributed by atoms with Gasteiger partial charge in [-0.2, -0.15) is 15.0 Å². The molecule has 0 spiro atoms. The van der Waals surface area contributed by atoms with E-state index in [0.717, 1.165) is 18.4 Å². The van der Waals surface area contributed by atoms with Gasteiger partial charge in [0.2, 0.25) is 11.9 Å². The van der Waals surface area contributed by atoms with Crippen LogP contribution in [0.15, 0.2) is 47.4 Å². The molecule has 30 heavy (non-hydrogen) atoms. The number of anilines is 3. The third kappa shape index (κ3) is 5.63. The fourth-order valence-electron chi connectivity index (χ4n) is 2.58. The Morgan fingerprint density at radius 1 is 1.00 bits per heavy atom. The van der Waals surface area contributed by atoms with E-state index in [2.05, 4.69) is 25.6 Å². The fourth-order valence-corrected chi connectivity index (χ4v) is 3.24. The van der Waals surface area contributed by atoms with E-state index in [4.69, 9.17) is 0 Å². The van der Waals surface area contributed by atoms with Crippen molar-refractivity contribution in [2.45, 2.75) is 31.2 Å². The van der Waals surface area contributed by atoms with Crippen molar-refractivity contribution in [3.63, 3.8) is 0 Å². The summed E-state index contributed by atoms with van der Waals surface area (Å²) in [5.41, 5.74) is 0.371. The first-order chi connectivity index (χ1) is 13.9. The van der Waals surface area contributed by atoms with Crippen molar-refractivity contribution in [2.75, 3.05) is 16.9 Å². The summed E-state index contributed by atoms with van der Waals surface area (Å²) < 4.78 is 37.6. The molecule has 0 fully saturated rings. The molecule has 0 aliphatic rings. The third-order valence-electron chi connectivity index (χ3n) is 3.78. The largest absolute Gasteiger partial charge is 0.508 e. The van der Waals surface area contributed by atoms with Crippen LogP contribution >= 0.6 is 0 Å². The zero-order valence-electron chi connectivity index (χ0n) is 16.9. The summed E-state index contributed by atoms with van der Waals surface area (Å²) in [6, 6.07) is 9.80. The maximum Gasteiger partial charge on any atom is 0.232 e. The van der Waals surface area contributed by atoms with Crippen LogP contribution in [0.2, 0.25) is 0 Å². The van der Waals surface area contributed by atoms with Gasteiger partial charge < -0.3 is 15.7 Å². The molecule has 2 aromatic carbocycles. The minimum atomic E-state index is -3.60. The molecule has 3 aromatic rings. The topological polar surface area (TPSA) is 117 Å². The van der Waals surface area contributed by atoms with E-state index in [1.54, 1.807) is 12.1 Å². The average Bonchev–Trinajstić information content (AvgIpc) is 2.58. The van der Waals surface area contributed by atoms with Gasteiger partial charge in [0.15, 0.2) is 15.7 Å². The number of rotatable bonds is 5. The van der Waals surface area contributed by atoms with Gasteiger partial charge in [-0.05, 0) is 51.1 Å². The van der Waals surface area contributed by atoms with E-state index in [1.165, 1.54) is 18.2 Å². The Bertz CT molecular complexity index is 1190. The average molecular weight is 431 g/mol. The van der Waals surface area contributed by atoms with Crippen molar-refractivity contribution in [1.29, 1.82) is 0 Å². The fraction of sp³-hybridized carbons (Fsp3) is 0.250. The first kappa shape index (κ1) is 21.4. The summed E-state index contributed by atoms with van der Waals surface area (Å²) in [5.74, 6) is -0.0421.